The van der Waals surface area contributed by atoms with Gasteiger partial charge in [0.1, 0.15) is 0 Å². The summed E-state index contributed by atoms with van der Waals surface area (Å²) in [6.45, 7) is 4.32. The zero-order valence-electron chi connectivity index (χ0n) is 14.1. The molecule has 3 aromatic rings. The molecule has 0 atom stereocenters. The molecule has 2 amide bonds. The SMILES string of the molecule is CCc1cnc(C)cc1NC(=O)NCc1nn(C)c2ccccc12. The molecular formula is C18H21N5O. The van der Waals surface area contributed by atoms with Crippen molar-refractivity contribution in [1.82, 2.24) is 20.1 Å². The molecule has 0 unspecified atom stereocenters. The van der Waals surface area contributed by atoms with Crippen LogP contribution in [-0.4, -0.2) is 20.8 Å². The fraction of sp³-hybridized carbons (Fsp3) is 0.278. The van der Waals surface area contributed by atoms with Gasteiger partial charge in [0.05, 0.1) is 17.8 Å². The Labute approximate surface area is 140 Å². The van der Waals surface area contributed by atoms with E-state index in [1.807, 2.05) is 55.9 Å². The molecule has 6 heteroatoms. The number of carbonyl (C=O) groups is 1. The van der Waals surface area contributed by atoms with E-state index in [1.165, 1.54) is 0 Å². The van der Waals surface area contributed by atoms with Crippen LogP contribution in [0.5, 0.6) is 0 Å². The highest BCUT2D eigenvalue weighted by Crippen LogP contribution is 2.18. The van der Waals surface area contributed by atoms with Crippen LogP contribution in [-0.2, 0) is 20.0 Å². The number of anilines is 1. The highest BCUT2D eigenvalue weighted by atomic mass is 16.2. The number of hydrogen-bond acceptors (Lipinski definition) is 3. The van der Waals surface area contributed by atoms with Crippen LogP contribution in [0.25, 0.3) is 10.9 Å². The predicted octanol–water partition coefficient (Wildman–Crippen LogP) is 3.16. The smallest absolute Gasteiger partial charge is 0.319 e. The second-order valence-electron chi connectivity index (χ2n) is 5.73. The minimum Gasteiger partial charge on any atom is -0.332 e. The molecule has 2 heterocycles. The van der Waals surface area contributed by atoms with Crippen molar-refractivity contribution in [3.8, 4) is 0 Å². The number of hydrogen-bond donors (Lipinski definition) is 2. The molecular weight excluding hydrogens is 302 g/mol. The Morgan fingerprint density at radius 1 is 1.29 bits per heavy atom. The van der Waals surface area contributed by atoms with Crippen LogP contribution < -0.4 is 10.6 Å². The van der Waals surface area contributed by atoms with Crippen molar-refractivity contribution in [3.05, 3.63) is 53.5 Å². The van der Waals surface area contributed by atoms with Gasteiger partial charge in [-0.25, -0.2) is 4.79 Å². The van der Waals surface area contributed by atoms with Crippen LogP contribution >= 0.6 is 0 Å². The zero-order valence-corrected chi connectivity index (χ0v) is 14.1. The molecule has 0 saturated heterocycles. The first-order chi connectivity index (χ1) is 11.6. The summed E-state index contributed by atoms with van der Waals surface area (Å²) in [5.41, 5.74) is 4.59. The first-order valence-corrected chi connectivity index (χ1v) is 7.99. The number of rotatable bonds is 4. The lowest BCUT2D eigenvalue weighted by Gasteiger charge is -2.11. The number of amides is 2. The Morgan fingerprint density at radius 2 is 2.08 bits per heavy atom. The van der Waals surface area contributed by atoms with Gasteiger partial charge in [-0.05, 0) is 31.0 Å². The summed E-state index contributed by atoms with van der Waals surface area (Å²) in [4.78, 5) is 16.5. The minimum absolute atomic E-state index is 0.245. The standard InChI is InChI=1S/C18H21N5O/c1-4-13-10-19-12(2)9-15(13)21-18(24)20-11-16-14-7-5-6-8-17(14)23(3)22-16/h5-10H,4,11H2,1-3H3,(H2,19,20,21,24). The lowest BCUT2D eigenvalue weighted by molar-refractivity contribution is 0.251. The normalized spacial score (nSPS) is 10.8. The van der Waals surface area contributed by atoms with Crippen molar-refractivity contribution in [2.24, 2.45) is 7.05 Å². The molecule has 6 nitrogen and oxygen atoms in total. The van der Waals surface area contributed by atoms with Crippen LogP contribution in [0, 0.1) is 6.92 Å². The molecule has 0 fully saturated rings. The van der Waals surface area contributed by atoms with Crippen molar-refractivity contribution in [3.63, 3.8) is 0 Å². The summed E-state index contributed by atoms with van der Waals surface area (Å²) in [5, 5.41) is 11.3. The molecule has 3 rings (SSSR count). The van der Waals surface area contributed by atoms with Gasteiger partial charge in [-0.1, -0.05) is 25.1 Å². The maximum absolute atomic E-state index is 12.2. The third-order valence-electron chi connectivity index (χ3n) is 4.00. The van der Waals surface area contributed by atoms with Crippen LogP contribution in [0.15, 0.2) is 36.5 Å². The van der Waals surface area contributed by atoms with E-state index in [-0.39, 0.29) is 6.03 Å². The summed E-state index contributed by atoms with van der Waals surface area (Å²) in [5.74, 6) is 0. The first kappa shape index (κ1) is 16.0. The van der Waals surface area contributed by atoms with Gasteiger partial charge in [0, 0.05) is 30.0 Å². The maximum atomic E-state index is 12.2. The first-order valence-electron chi connectivity index (χ1n) is 7.99. The summed E-state index contributed by atoms with van der Waals surface area (Å²) >= 11 is 0. The molecule has 0 bridgehead atoms. The highest BCUT2D eigenvalue weighted by Gasteiger charge is 2.10. The van der Waals surface area contributed by atoms with Gasteiger partial charge in [-0.2, -0.15) is 5.10 Å². The number of urea groups is 1. The largest absolute Gasteiger partial charge is 0.332 e. The van der Waals surface area contributed by atoms with Crippen molar-refractivity contribution in [1.29, 1.82) is 0 Å². The molecule has 0 aliphatic rings. The van der Waals surface area contributed by atoms with Gasteiger partial charge < -0.3 is 10.6 Å². The lowest BCUT2D eigenvalue weighted by Crippen LogP contribution is -2.29. The van der Waals surface area contributed by atoms with Crippen LogP contribution in [0.2, 0.25) is 0 Å². The maximum Gasteiger partial charge on any atom is 0.319 e. The fourth-order valence-corrected chi connectivity index (χ4v) is 2.74. The Bertz CT molecular complexity index is 884. The molecule has 0 radical (unpaired) electrons. The number of carbonyl (C=O) groups excluding carboxylic acids is 1. The average Bonchev–Trinajstić information content (AvgIpc) is 2.90. The predicted molar refractivity (Wildman–Crippen MR) is 94.9 cm³/mol. The number of benzene rings is 1. The van der Waals surface area contributed by atoms with Gasteiger partial charge in [-0.15, -0.1) is 0 Å². The van der Waals surface area contributed by atoms with E-state index in [1.54, 1.807) is 6.20 Å². The number of aromatic nitrogens is 3. The molecule has 124 valence electrons. The number of nitrogens with zero attached hydrogens (tertiary/aromatic N) is 3. The van der Waals surface area contributed by atoms with Gasteiger partial charge in [0.25, 0.3) is 0 Å². The van der Waals surface area contributed by atoms with Crippen molar-refractivity contribution >= 4 is 22.6 Å². The van der Waals surface area contributed by atoms with Gasteiger partial charge in [-0.3, -0.25) is 9.67 Å². The average molecular weight is 323 g/mol. The summed E-state index contributed by atoms with van der Waals surface area (Å²) < 4.78 is 1.83. The summed E-state index contributed by atoms with van der Waals surface area (Å²) in [6.07, 6.45) is 2.62. The third kappa shape index (κ3) is 3.22. The Morgan fingerprint density at radius 3 is 2.88 bits per heavy atom. The van der Waals surface area contributed by atoms with Crippen LogP contribution in [0.4, 0.5) is 10.5 Å². The number of para-hydroxylation sites is 1. The highest BCUT2D eigenvalue weighted by molar-refractivity contribution is 5.90. The van der Waals surface area contributed by atoms with E-state index in [2.05, 4.69) is 20.7 Å². The second kappa shape index (κ2) is 6.70. The van der Waals surface area contributed by atoms with Crippen molar-refractivity contribution in [2.75, 3.05) is 5.32 Å². The Hall–Kier alpha value is -2.89. The minimum atomic E-state index is -0.245. The Kier molecular flexibility index (Phi) is 4.46. The van der Waals surface area contributed by atoms with Crippen molar-refractivity contribution in [2.45, 2.75) is 26.8 Å². The molecule has 24 heavy (non-hydrogen) atoms. The van der Waals surface area contributed by atoms with E-state index < -0.39 is 0 Å². The van der Waals surface area contributed by atoms with Crippen LogP contribution in [0.3, 0.4) is 0 Å². The van der Waals surface area contributed by atoms with E-state index in [9.17, 15) is 4.79 Å². The third-order valence-corrected chi connectivity index (χ3v) is 4.00. The van der Waals surface area contributed by atoms with E-state index >= 15 is 0 Å². The molecule has 1 aromatic carbocycles. The molecule has 0 saturated carbocycles. The number of nitrogens with one attached hydrogen (secondary N) is 2. The molecule has 2 N–H and O–H groups in total. The molecule has 0 spiro atoms. The van der Waals surface area contributed by atoms with Gasteiger partial charge in [0.15, 0.2) is 0 Å². The zero-order chi connectivity index (χ0) is 17.1. The summed E-state index contributed by atoms with van der Waals surface area (Å²) in [6, 6.07) is 9.62. The Balaban J connectivity index is 1.71. The van der Waals surface area contributed by atoms with Gasteiger partial charge in [0.2, 0.25) is 0 Å². The number of pyridine rings is 1. The molecule has 0 aliphatic heterocycles. The number of aryl methyl sites for hydroxylation is 3. The molecule has 2 aromatic heterocycles. The fourth-order valence-electron chi connectivity index (χ4n) is 2.74. The number of fused-ring (bicyclic) bond motifs is 1. The molecule has 0 aliphatic carbocycles. The topological polar surface area (TPSA) is 71.8 Å². The quantitative estimate of drug-likeness (QED) is 0.774. The van der Waals surface area contributed by atoms with E-state index in [0.717, 1.165) is 40.0 Å². The van der Waals surface area contributed by atoms with Crippen molar-refractivity contribution < 1.29 is 4.79 Å². The lowest BCUT2D eigenvalue weighted by atomic mass is 10.1. The monoisotopic (exact) mass is 323 g/mol. The van der Waals surface area contributed by atoms with Gasteiger partial charge >= 0.3 is 6.03 Å². The second-order valence-corrected chi connectivity index (χ2v) is 5.73. The van der Waals surface area contributed by atoms with E-state index in [0.29, 0.717) is 6.54 Å². The summed E-state index contributed by atoms with van der Waals surface area (Å²) in [7, 11) is 1.90. The van der Waals surface area contributed by atoms with E-state index in [4.69, 9.17) is 0 Å². The van der Waals surface area contributed by atoms with Crippen LogP contribution in [0.1, 0.15) is 23.9 Å².